The fourth-order valence-electron chi connectivity index (χ4n) is 2.41. The molecule has 0 amide bonds. The molecule has 5 nitrogen and oxygen atoms in total. The van der Waals surface area contributed by atoms with Crippen LogP contribution in [0.2, 0.25) is 0 Å². The molecule has 0 saturated carbocycles. The molecule has 1 heterocycles. The van der Waals surface area contributed by atoms with Crippen molar-refractivity contribution in [3.63, 3.8) is 0 Å². The third-order valence-corrected chi connectivity index (χ3v) is 3.88. The lowest BCUT2D eigenvalue weighted by Gasteiger charge is -2.26. The number of hydrogen-bond acceptors (Lipinski definition) is 4. The quantitative estimate of drug-likeness (QED) is 0.795. The van der Waals surface area contributed by atoms with Gasteiger partial charge in [-0.05, 0) is 39.8 Å². The molecule has 1 aromatic carbocycles. The van der Waals surface area contributed by atoms with Crippen LogP contribution in [0.1, 0.15) is 26.7 Å². The summed E-state index contributed by atoms with van der Waals surface area (Å²) in [6, 6.07) is 8.13. The number of carbonyl (C=O) groups is 1. The molecule has 114 valence electrons. The Morgan fingerprint density at radius 3 is 2.90 bits per heavy atom. The molecule has 0 fully saturated rings. The molecule has 0 saturated heterocycles. The number of hydrogen-bond donors (Lipinski definition) is 1. The summed E-state index contributed by atoms with van der Waals surface area (Å²) in [4.78, 5) is 12.0. The Bertz CT molecular complexity index is 608. The van der Waals surface area contributed by atoms with Gasteiger partial charge in [-0.3, -0.25) is 9.48 Å². The second-order valence-corrected chi connectivity index (χ2v) is 5.33. The van der Waals surface area contributed by atoms with E-state index in [0.29, 0.717) is 13.0 Å². The summed E-state index contributed by atoms with van der Waals surface area (Å²) in [5, 5.41) is 8.62. The van der Waals surface area contributed by atoms with Crippen LogP contribution in [0.4, 0.5) is 0 Å². The first-order chi connectivity index (χ1) is 10.1. The van der Waals surface area contributed by atoms with Crippen LogP contribution < -0.4 is 5.32 Å². The maximum absolute atomic E-state index is 12.0. The van der Waals surface area contributed by atoms with Crippen molar-refractivity contribution in [3.05, 3.63) is 30.5 Å². The van der Waals surface area contributed by atoms with Gasteiger partial charge in [-0.25, -0.2) is 0 Å². The van der Waals surface area contributed by atoms with E-state index in [9.17, 15) is 4.79 Å². The Morgan fingerprint density at radius 2 is 2.19 bits per heavy atom. The van der Waals surface area contributed by atoms with E-state index < -0.39 is 5.54 Å². The summed E-state index contributed by atoms with van der Waals surface area (Å²) >= 11 is 0. The molecule has 0 aliphatic carbocycles. The number of rotatable bonds is 7. The summed E-state index contributed by atoms with van der Waals surface area (Å²) in [5.74, 6) is -0.196. The van der Waals surface area contributed by atoms with Gasteiger partial charge in [0.2, 0.25) is 0 Å². The van der Waals surface area contributed by atoms with Gasteiger partial charge in [0.15, 0.2) is 0 Å². The zero-order valence-electron chi connectivity index (χ0n) is 12.9. The minimum Gasteiger partial charge on any atom is -0.465 e. The maximum atomic E-state index is 12.0. The molecule has 21 heavy (non-hydrogen) atoms. The predicted octanol–water partition coefficient (Wildman–Crippen LogP) is 2.36. The molecule has 1 atom stereocenters. The van der Waals surface area contributed by atoms with Crippen LogP contribution in [0.3, 0.4) is 0 Å². The molecule has 0 aliphatic heterocycles. The van der Waals surface area contributed by atoms with E-state index in [1.165, 1.54) is 0 Å². The Kier molecular flexibility index (Phi) is 4.96. The molecular weight excluding hydrogens is 266 g/mol. The monoisotopic (exact) mass is 289 g/mol. The van der Waals surface area contributed by atoms with Crippen molar-refractivity contribution in [2.24, 2.45) is 0 Å². The fraction of sp³-hybridized carbons (Fsp3) is 0.500. The van der Waals surface area contributed by atoms with Gasteiger partial charge in [-0.1, -0.05) is 18.2 Å². The lowest BCUT2D eigenvalue weighted by Crippen LogP contribution is -2.48. The molecule has 2 rings (SSSR count). The highest BCUT2D eigenvalue weighted by atomic mass is 16.5. The molecular formula is C16H23N3O2. The van der Waals surface area contributed by atoms with E-state index in [1.807, 2.05) is 36.9 Å². The topological polar surface area (TPSA) is 56.2 Å². The highest BCUT2D eigenvalue weighted by Crippen LogP contribution is 2.17. The Morgan fingerprint density at radius 1 is 1.43 bits per heavy atom. The van der Waals surface area contributed by atoms with Crippen LogP contribution in [-0.2, 0) is 16.1 Å². The van der Waals surface area contributed by atoms with Gasteiger partial charge in [-0.15, -0.1) is 0 Å². The summed E-state index contributed by atoms with van der Waals surface area (Å²) in [6.45, 7) is 4.89. The number of fused-ring (bicyclic) bond motifs is 1. The summed E-state index contributed by atoms with van der Waals surface area (Å²) in [6.07, 6.45) is 3.43. The summed E-state index contributed by atoms with van der Waals surface area (Å²) < 4.78 is 7.11. The summed E-state index contributed by atoms with van der Waals surface area (Å²) in [5.41, 5.74) is 0.485. The second-order valence-electron chi connectivity index (χ2n) is 5.33. The number of nitrogens with zero attached hydrogens (tertiary/aromatic N) is 2. The van der Waals surface area contributed by atoms with E-state index in [2.05, 4.69) is 22.5 Å². The lowest BCUT2D eigenvalue weighted by atomic mass is 9.96. The molecule has 1 aromatic heterocycles. The largest absolute Gasteiger partial charge is 0.465 e. The molecule has 2 aromatic rings. The first-order valence-corrected chi connectivity index (χ1v) is 7.37. The van der Waals surface area contributed by atoms with Crippen molar-refractivity contribution >= 4 is 16.9 Å². The SMILES string of the molecule is CCOC(=O)C(C)(CCCn1ncc2ccccc21)NC. The summed E-state index contributed by atoms with van der Waals surface area (Å²) in [7, 11) is 1.79. The molecule has 1 N–H and O–H groups in total. The van der Waals surface area contributed by atoms with E-state index in [1.54, 1.807) is 7.05 Å². The lowest BCUT2D eigenvalue weighted by molar-refractivity contribution is -0.150. The minimum atomic E-state index is -0.640. The fourth-order valence-corrected chi connectivity index (χ4v) is 2.41. The number of ether oxygens (including phenoxy) is 1. The van der Waals surface area contributed by atoms with E-state index in [4.69, 9.17) is 4.74 Å². The van der Waals surface area contributed by atoms with Gasteiger partial charge >= 0.3 is 5.97 Å². The highest BCUT2D eigenvalue weighted by Gasteiger charge is 2.32. The smallest absolute Gasteiger partial charge is 0.326 e. The van der Waals surface area contributed by atoms with Gasteiger partial charge in [-0.2, -0.15) is 5.10 Å². The van der Waals surface area contributed by atoms with Crippen LogP contribution >= 0.6 is 0 Å². The molecule has 0 aliphatic rings. The molecule has 0 radical (unpaired) electrons. The number of esters is 1. The van der Waals surface area contributed by atoms with Gasteiger partial charge < -0.3 is 10.1 Å². The maximum Gasteiger partial charge on any atom is 0.326 e. The molecule has 0 bridgehead atoms. The molecule has 5 heteroatoms. The Hall–Kier alpha value is -1.88. The number of likely N-dealkylation sites (N-methyl/N-ethyl adjacent to an activating group) is 1. The zero-order valence-corrected chi connectivity index (χ0v) is 12.9. The zero-order chi connectivity index (χ0) is 15.3. The minimum absolute atomic E-state index is 0.196. The average Bonchev–Trinajstić information content (AvgIpc) is 2.91. The number of aryl methyl sites for hydroxylation is 1. The first kappa shape index (κ1) is 15.5. The van der Waals surface area contributed by atoms with Gasteiger partial charge in [0.1, 0.15) is 5.54 Å². The van der Waals surface area contributed by atoms with Crippen LogP contribution in [-0.4, -0.2) is 34.9 Å². The van der Waals surface area contributed by atoms with Crippen molar-refractivity contribution in [2.45, 2.75) is 38.8 Å². The first-order valence-electron chi connectivity index (χ1n) is 7.37. The van der Waals surface area contributed by atoms with Gasteiger partial charge in [0, 0.05) is 11.9 Å². The normalized spacial score (nSPS) is 14.0. The van der Waals surface area contributed by atoms with Crippen molar-refractivity contribution in [2.75, 3.05) is 13.7 Å². The van der Waals surface area contributed by atoms with Crippen LogP contribution in [0.15, 0.2) is 30.5 Å². The highest BCUT2D eigenvalue weighted by molar-refractivity contribution is 5.80. The molecule has 0 spiro atoms. The van der Waals surface area contributed by atoms with Gasteiger partial charge in [0.05, 0.1) is 18.3 Å². The Labute approximate surface area is 125 Å². The second kappa shape index (κ2) is 6.72. The van der Waals surface area contributed by atoms with Crippen molar-refractivity contribution in [1.82, 2.24) is 15.1 Å². The number of carbonyl (C=O) groups excluding carboxylic acids is 1. The number of benzene rings is 1. The van der Waals surface area contributed by atoms with Crippen LogP contribution in [0.5, 0.6) is 0 Å². The third kappa shape index (κ3) is 3.42. The van der Waals surface area contributed by atoms with Crippen molar-refractivity contribution < 1.29 is 9.53 Å². The number of nitrogens with one attached hydrogen (secondary N) is 1. The van der Waals surface area contributed by atoms with Crippen molar-refractivity contribution in [1.29, 1.82) is 0 Å². The predicted molar refractivity (Wildman–Crippen MR) is 83.1 cm³/mol. The van der Waals surface area contributed by atoms with Crippen LogP contribution in [0, 0.1) is 0 Å². The Balaban J connectivity index is 1.98. The van der Waals surface area contributed by atoms with E-state index in [0.717, 1.165) is 23.9 Å². The van der Waals surface area contributed by atoms with E-state index in [-0.39, 0.29) is 5.97 Å². The number of aromatic nitrogens is 2. The third-order valence-electron chi connectivity index (χ3n) is 3.88. The van der Waals surface area contributed by atoms with E-state index >= 15 is 0 Å². The average molecular weight is 289 g/mol. The van der Waals surface area contributed by atoms with Crippen molar-refractivity contribution in [3.8, 4) is 0 Å². The standard InChI is InChI=1S/C16H23N3O2/c1-4-21-15(20)16(2,17-3)10-7-11-19-14-9-6-5-8-13(14)12-18-19/h5-6,8-9,12,17H,4,7,10-11H2,1-3H3. The molecule has 1 unspecified atom stereocenters. The number of para-hydroxylation sites is 1. The van der Waals surface area contributed by atoms with Crippen LogP contribution in [0.25, 0.3) is 10.9 Å². The van der Waals surface area contributed by atoms with Gasteiger partial charge in [0.25, 0.3) is 0 Å².